The van der Waals surface area contributed by atoms with Crippen LogP contribution < -0.4 is 5.84 Å². The van der Waals surface area contributed by atoms with E-state index in [0.717, 1.165) is 11.1 Å². The van der Waals surface area contributed by atoms with Crippen molar-refractivity contribution in [2.24, 2.45) is 11.8 Å². The van der Waals surface area contributed by atoms with Crippen LogP contribution in [0.15, 0.2) is 18.2 Å². The van der Waals surface area contributed by atoms with Crippen molar-refractivity contribution in [2.75, 3.05) is 6.54 Å². The summed E-state index contributed by atoms with van der Waals surface area (Å²) in [6, 6.07) is 4.38. The van der Waals surface area contributed by atoms with Crippen LogP contribution in [0.25, 0.3) is 0 Å². The van der Waals surface area contributed by atoms with Crippen molar-refractivity contribution in [3.8, 4) is 0 Å². The molecule has 2 atom stereocenters. The molecule has 0 bridgehead atoms. The Morgan fingerprint density at radius 3 is 2.89 bits per heavy atom. The van der Waals surface area contributed by atoms with Crippen LogP contribution in [0.5, 0.6) is 0 Å². The van der Waals surface area contributed by atoms with Gasteiger partial charge in [0.2, 0.25) is 0 Å². The average Bonchev–Trinajstić information content (AvgIpc) is 2.30. The first-order chi connectivity index (χ1) is 8.49. The fourth-order valence-corrected chi connectivity index (χ4v) is 2.53. The maximum Gasteiger partial charge on any atom is 0.306 e. The number of hydrogen-bond acceptors (Lipinski definition) is 3. The number of halogens is 1. The van der Waals surface area contributed by atoms with Gasteiger partial charge in [-0.3, -0.25) is 10.6 Å². The summed E-state index contributed by atoms with van der Waals surface area (Å²) in [5.41, 5.74) is 1.71. The van der Waals surface area contributed by atoms with Crippen LogP contribution in [-0.2, 0) is 4.79 Å². The lowest BCUT2D eigenvalue weighted by Crippen LogP contribution is -2.43. The largest absolute Gasteiger partial charge is 0.481 e. The third-order valence-corrected chi connectivity index (χ3v) is 3.58. The molecule has 0 aromatic heterocycles. The maximum absolute atomic E-state index is 13.1. The topological polar surface area (TPSA) is 66.6 Å². The standard InChI is InChI=1S/C13H17FN2O2/c1-8-6-10(14)2-3-11(8)12-7-9(13(17)18)4-5-16(12)15/h2-3,6,9,12H,4-5,7,15H2,1H3,(H,17,18). The number of carboxylic acid groups (broad SMARTS) is 1. The summed E-state index contributed by atoms with van der Waals surface area (Å²) in [5, 5.41) is 10.7. The van der Waals surface area contributed by atoms with Crippen LogP contribution in [0.3, 0.4) is 0 Å². The summed E-state index contributed by atoms with van der Waals surface area (Å²) in [6.45, 7) is 2.36. The monoisotopic (exact) mass is 252 g/mol. The smallest absolute Gasteiger partial charge is 0.306 e. The van der Waals surface area contributed by atoms with Gasteiger partial charge in [-0.2, -0.15) is 0 Å². The molecule has 0 saturated carbocycles. The molecule has 1 aromatic carbocycles. The van der Waals surface area contributed by atoms with E-state index in [0.29, 0.717) is 19.4 Å². The fraction of sp³-hybridized carbons (Fsp3) is 0.462. The number of aliphatic carboxylic acids is 1. The van der Waals surface area contributed by atoms with Crippen LogP contribution in [0, 0.1) is 18.7 Å². The molecule has 1 fully saturated rings. The Bertz CT molecular complexity index is 464. The average molecular weight is 252 g/mol. The van der Waals surface area contributed by atoms with Crippen molar-refractivity contribution in [3.63, 3.8) is 0 Å². The van der Waals surface area contributed by atoms with E-state index in [-0.39, 0.29) is 17.8 Å². The molecule has 1 aliphatic heterocycles. The Labute approximate surface area is 105 Å². The van der Waals surface area contributed by atoms with Gasteiger partial charge in [-0.25, -0.2) is 9.40 Å². The minimum Gasteiger partial charge on any atom is -0.481 e. The van der Waals surface area contributed by atoms with E-state index in [1.54, 1.807) is 11.1 Å². The predicted molar refractivity (Wildman–Crippen MR) is 65.1 cm³/mol. The van der Waals surface area contributed by atoms with E-state index >= 15 is 0 Å². The van der Waals surface area contributed by atoms with Gasteiger partial charge in [0.15, 0.2) is 0 Å². The van der Waals surface area contributed by atoms with Crippen LogP contribution in [0.2, 0.25) is 0 Å². The Kier molecular flexibility index (Phi) is 3.63. The highest BCUT2D eigenvalue weighted by atomic mass is 19.1. The lowest BCUT2D eigenvalue weighted by Gasteiger charge is -2.36. The molecule has 4 nitrogen and oxygen atoms in total. The normalized spacial score (nSPS) is 25.1. The minimum absolute atomic E-state index is 0.152. The second-order valence-corrected chi connectivity index (χ2v) is 4.81. The number of nitrogens with zero attached hydrogens (tertiary/aromatic N) is 1. The van der Waals surface area contributed by atoms with Crippen LogP contribution >= 0.6 is 0 Å². The molecule has 2 unspecified atom stereocenters. The van der Waals surface area contributed by atoms with Crippen molar-refractivity contribution >= 4 is 5.97 Å². The molecule has 1 aromatic rings. The summed E-state index contributed by atoms with van der Waals surface area (Å²) in [7, 11) is 0. The molecule has 2 rings (SSSR count). The third kappa shape index (κ3) is 2.52. The molecule has 1 heterocycles. The first kappa shape index (κ1) is 13.0. The van der Waals surface area contributed by atoms with Gasteiger partial charge in [0.25, 0.3) is 0 Å². The summed E-state index contributed by atoms with van der Waals surface area (Å²) < 4.78 is 13.1. The second kappa shape index (κ2) is 5.04. The molecule has 0 radical (unpaired) electrons. The van der Waals surface area contributed by atoms with Crippen molar-refractivity contribution in [1.29, 1.82) is 0 Å². The molecule has 0 amide bonds. The van der Waals surface area contributed by atoms with Gasteiger partial charge in [-0.05, 0) is 43.0 Å². The quantitative estimate of drug-likeness (QED) is 0.788. The Morgan fingerprint density at radius 1 is 1.56 bits per heavy atom. The van der Waals surface area contributed by atoms with E-state index in [2.05, 4.69) is 0 Å². The zero-order chi connectivity index (χ0) is 13.3. The zero-order valence-corrected chi connectivity index (χ0v) is 10.3. The third-order valence-electron chi connectivity index (χ3n) is 3.58. The van der Waals surface area contributed by atoms with Gasteiger partial charge in [0.05, 0.1) is 12.0 Å². The van der Waals surface area contributed by atoms with Crippen molar-refractivity contribution in [1.82, 2.24) is 5.01 Å². The summed E-state index contributed by atoms with van der Waals surface area (Å²) in [6.07, 6.45) is 1.03. The van der Waals surface area contributed by atoms with E-state index in [9.17, 15) is 9.18 Å². The van der Waals surface area contributed by atoms with Gasteiger partial charge in [-0.15, -0.1) is 0 Å². The molecule has 18 heavy (non-hydrogen) atoms. The van der Waals surface area contributed by atoms with E-state index in [4.69, 9.17) is 10.9 Å². The summed E-state index contributed by atoms with van der Waals surface area (Å²) >= 11 is 0. The number of hydrazine groups is 1. The Hall–Kier alpha value is -1.46. The van der Waals surface area contributed by atoms with Crippen LogP contribution in [0.4, 0.5) is 4.39 Å². The lowest BCUT2D eigenvalue weighted by atomic mass is 9.86. The Morgan fingerprint density at radius 2 is 2.28 bits per heavy atom. The fourth-order valence-electron chi connectivity index (χ4n) is 2.53. The molecule has 0 aliphatic carbocycles. The number of nitrogens with two attached hydrogens (primary N) is 1. The van der Waals surface area contributed by atoms with Gasteiger partial charge in [-0.1, -0.05) is 6.07 Å². The van der Waals surface area contributed by atoms with Crippen LogP contribution in [0.1, 0.15) is 30.0 Å². The zero-order valence-electron chi connectivity index (χ0n) is 10.3. The lowest BCUT2D eigenvalue weighted by molar-refractivity contribution is -0.144. The highest BCUT2D eigenvalue weighted by Gasteiger charge is 2.32. The minimum atomic E-state index is -0.784. The van der Waals surface area contributed by atoms with E-state index in [1.807, 2.05) is 6.92 Å². The van der Waals surface area contributed by atoms with Crippen molar-refractivity contribution < 1.29 is 14.3 Å². The molecule has 98 valence electrons. The SMILES string of the molecule is Cc1cc(F)ccc1C1CC(C(=O)O)CCN1N. The molecule has 3 N–H and O–H groups in total. The summed E-state index contributed by atoms with van der Waals surface area (Å²) in [5.74, 6) is 4.48. The molecule has 5 heteroatoms. The molecular weight excluding hydrogens is 235 g/mol. The van der Waals surface area contributed by atoms with E-state index < -0.39 is 5.97 Å². The first-order valence-corrected chi connectivity index (χ1v) is 5.99. The number of carboxylic acids is 1. The molecule has 1 aliphatic rings. The number of hydrogen-bond donors (Lipinski definition) is 2. The predicted octanol–water partition coefficient (Wildman–Crippen LogP) is 1.85. The van der Waals surface area contributed by atoms with Gasteiger partial charge >= 0.3 is 5.97 Å². The molecule has 1 saturated heterocycles. The number of benzene rings is 1. The van der Waals surface area contributed by atoms with Crippen LogP contribution in [-0.4, -0.2) is 22.6 Å². The highest BCUT2D eigenvalue weighted by molar-refractivity contribution is 5.70. The van der Waals surface area contributed by atoms with Crippen molar-refractivity contribution in [2.45, 2.75) is 25.8 Å². The molecular formula is C13H17FN2O2. The molecule has 0 spiro atoms. The van der Waals surface area contributed by atoms with Gasteiger partial charge in [0.1, 0.15) is 5.82 Å². The van der Waals surface area contributed by atoms with Crippen molar-refractivity contribution in [3.05, 3.63) is 35.1 Å². The van der Waals surface area contributed by atoms with Gasteiger partial charge in [0, 0.05) is 6.54 Å². The summed E-state index contributed by atoms with van der Waals surface area (Å²) in [4.78, 5) is 11.1. The number of piperidine rings is 1. The Balaban J connectivity index is 2.26. The first-order valence-electron chi connectivity index (χ1n) is 5.99. The number of carbonyl (C=O) groups is 1. The number of aryl methyl sites for hydroxylation is 1. The number of rotatable bonds is 2. The second-order valence-electron chi connectivity index (χ2n) is 4.81. The van der Waals surface area contributed by atoms with Gasteiger partial charge < -0.3 is 5.11 Å². The van der Waals surface area contributed by atoms with E-state index in [1.165, 1.54) is 12.1 Å². The highest BCUT2D eigenvalue weighted by Crippen LogP contribution is 2.33. The maximum atomic E-state index is 13.1.